The Kier molecular flexibility index (Phi) is 7.43. The van der Waals surface area contributed by atoms with Crippen LogP contribution in [0.25, 0.3) is 82.8 Å². The standard InChI is InChI=1S/C55H37NS/c1-3-13-35(14-4-1)36-15-11-16-39(31-36)42-28-25-40-34-49-48-33-38(27-30-52(48)57-53-24-12-22-46(55(49)53)54(40)45-21-8-7-19-43(42)45)37-26-29-51-47(32-37)44-20-9-10-23-50(44)56(51)41-17-5-2-6-18-41/h1-24,26-27,29-34,42H,25,28H2. The molecule has 1 aliphatic carbocycles. The third-order valence-electron chi connectivity index (χ3n) is 12.4. The summed E-state index contributed by atoms with van der Waals surface area (Å²) in [7, 11) is 0. The van der Waals surface area contributed by atoms with E-state index >= 15 is 0 Å². The monoisotopic (exact) mass is 743 g/mol. The van der Waals surface area contributed by atoms with Crippen LogP contribution in [0.5, 0.6) is 0 Å². The van der Waals surface area contributed by atoms with E-state index < -0.39 is 0 Å². The van der Waals surface area contributed by atoms with E-state index in [1.54, 1.807) is 0 Å². The highest BCUT2D eigenvalue weighted by atomic mass is 32.2. The van der Waals surface area contributed by atoms with E-state index in [9.17, 15) is 0 Å². The van der Waals surface area contributed by atoms with Crippen LogP contribution >= 0.6 is 11.8 Å². The lowest BCUT2D eigenvalue weighted by molar-refractivity contribution is 0.726. The van der Waals surface area contributed by atoms with Crippen LogP contribution in [-0.2, 0) is 6.42 Å². The average molecular weight is 744 g/mol. The van der Waals surface area contributed by atoms with Crippen molar-refractivity contribution in [1.29, 1.82) is 0 Å². The van der Waals surface area contributed by atoms with Crippen molar-refractivity contribution in [3.63, 3.8) is 0 Å². The van der Waals surface area contributed by atoms with E-state index in [1.165, 1.54) is 109 Å². The van der Waals surface area contributed by atoms with Crippen molar-refractivity contribution in [3.8, 4) is 50.2 Å². The zero-order valence-corrected chi connectivity index (χ0v) is 32.1. The molecule has 0 saturated heterocycles. The number of para-hydroxylation sites is 2. The van der Waals surface area contributed by atoms with Crippen molar-refractivity contribution in [2.45, 2.75) is 28.6 Å². The molecule has 10 aromatic rings. The van der Waals surface area contributed by atoms with Crippen molar-refractivity contribution in [2.24, 2.45) is 0 Å². The molecule has 0 spiro atoms. The Morgan fingerprint density at radius 1 is 0.439 bits per heavy atom. The van der Waals surface area contributed by atoms with E-state index in [1.807, 2.05) is 11.8 Å². The maximum absolute atomic E-state index is 2.56. The van der Waals surface area contributed by atoms with Crippen molar-refractivity contribution < 1.29 is 0 Å². The van der Waals surface area contributed by atoms with Gasteiger partial charge in [0.15, 0.2) is 0 Å². The Labute approximate surface area is 336 Å². The molecule has 0 bridgehead atoms. The summed E-state index contributed by atoms with van der Waals surface area (Å²) >= 11 is 1.91. The molecule has 2 heterocycles. The van der Waals surface area contributed by atoms with E-state index in [0.29, 0.717) is 5.92 Å². The van der Waals surface area contributed by atoms with Crippen LogP contribution in [0.2, 0.25) is 0 Å². The molecule has 57 heavy (non-hydrogen) atoms. The summed E-state index contributed by atoms with van der Waals surface area (Å²) in [6.45, 7) is 0. The van der Waals surface area contributed by atoms with Gasteiger partial charge in [-0.3, -0.25) is 0 Å². The fraction of sp³-hybridized carbons (Fsp3) is 0.0545. The number of hydrogen-bond donors (Lipinski definition) is 0. The predicted molar refractivity (Wildman–Crippen MR) is 241 cm³/mol. The normalized spacial score (nSPS) is 14.3. The molecule has 1 nitrogen and oxygen atoms in total. The van der Waals surface area contributed by atoms with Gasteiger partial charge >= 0.3 is 0 Å². The Hall–Kier alpha value is -6.61. The van der Waals surface area contributed by atoms with Crippen molar-refractivity contribution >= 4 is 44.3 Å². The minimum atomic E-state index is 0.306. The van der Waals surface area contributed by atoms with Gasteiger partial charge in [0.2, 0.25) is 0 Å². The largest absolute Gasteiger partial charge is 0.309 e. The molecule has 1 atom stereocenters. The SMILES string of the molecule is c1ccc(-c2cccc(C3CCc4cc5c6c(cccc6c4-c4ccccc43)Sc3ccc(-c4ccc6c(c4)c4ccccc4n6-c4ccccc4)cc3-5)c2)cc1. The molecule has 1 unspecified atom stereocenters. The molecule has 268 valence electrons. The minimum absolute atomic E-state index is 0.306. The summed E-state index contributed by atoms with van der Waals surface area (Å²) in [6.07, 6.45) is 2.08. The highest BCUT2D eigenvalue weighted by Crippen LogP contribution is 2.54. The van der Waals surface area contributed by atoms with E-state index in [0.717, 1.165) is 12.8 Å². The van der Waals surface area contributed by atoms with Crippen LogP contribution < -0.4 is 0 Å². The maximum Gasteiger partial charge on any atom is 0.0541 e. The van der Waals surface area contributed by atoms with E-state index in [-0.39, 0.29) is 0 Å². The van der Waals surface area contributed by atoms with Crippen LogP contribution in [0.4, 0.5) is 0 Å². The number of benzene rings is 9. The summed E-state index contributed by atoms with van der Waals surface area (Å²) in [6, 6.07) is 72.4. The lowest BCUT2D eigenvalue weighted by Gasteiger charge is -2.24. The topological polar surface area (TPSA) is 4.93 Å². The van der Waals surface area contributed by atoms with Crippen LogP contribution in [0.15, 0.2) is 204 Å². The number of hydrogen-bond acceptors (Lipinski definition) is 1. The first-order valence-electron chi connectivity index (χ1n) is 20.0. The van der Waals surface area contributed by atoms with Crippen molar-refractivity contribution in [3.05, 3.63) is 211 Å². The maximum atomic E-state index is 2.56. The summed E-state index contributed by atoms with van der Waals surface area (Å²) in [5.41, 5.74) is 18.4. The van der Waals surface area contributed by atoms with Gasteiger partial charge in [-0.15, -0.1) is 0 Å². The number of fused-ring (bicyclic) bond motifs is 9. The third kappa shape index (κ3) is 5.18. The second-order valence-electron chi connectivity index (χ2n) is 15.5. The number of rotatable bonds is 4. The lowest BCUT2D eigenvalue weighted by atomic mass is 9.84. The van der Waals surface area contributed by atoms with Crippen LogP contribution in [-0.4, -0.2) is 4.57 Å². The van der Waals surface area contributed by atoms with Crippen LogP contribution in [0.3, 0.4) is 0 Å². The van der Waals surface area contributed by atoms with Gasteiger partial charge < -0.3 is 4.57 Å². The first kappa shape index (κ1) is 32.6. The fourth-order valence-electron chi connectivity index (χ4n) is 9.85. The van der Waals surface area contributed by atoms with Gasteiger partial charge in [-0.2, -0.15) is 0 Å². The molecule has 9 aromatic carbocycles. The van der Waals surface area contributed by atoms with Gasteiger partial charge in [0.25, 0.3) is 0 Å². The van der Waals surface area contributed by atoms with Gasteiger partial charge in [-0.1, -0.05) is 151 Å². The average Bonchev–Trinajstić information content (AvgIpc) is 3.51. The number of nitrogens with zero attached hydrogens (tertiary/aromatic N) is 1. The molecule has 0 N–H and O–H groups in total. The third-order valence-corrected chi connectivity index (χ3v) is 13.6. The first-order chi connectivity index (χ1) is 28.3. The molecule has 1 aromatic heterocycles. The summed E-state index contributed by atoms with van der Waals surface area (Å²) in [5, 5.41) is 5.30. The zero-order chi connectivity index (χ0) is 37.5. The summed E-state index contributed by atoms with van der Waals surface area (Å²) in [5.74, 6) is 0.306. The summed E-state index contributed by atoms with van der Waals surface area (Å²) in [4.78, 5) is 2.67. The fourth-order valence-corrected chi connectivity index (χ4v) is 11.0. The molecule has 12 rings (SSSR count). The van der Waals surface area contributed by atoms with Crippen LogP contribution in [0.1, 0.15) is 29.0 Å². The number of aromatic nitrogens is 1. The quantitative estimate of drug-likeness (QED) is 0.174. The Morgan fingerprint density at radius 3 is 2.05 bits per heavy atom. The van der Waals surface area contributed by atoms with Gasteiger partial charge in [0.1, 0.15) is 0 Å². The summed E-state index contributed by atoms with van der Waals surface area (Å²) < 4.78 is 2.39. The Morgan fingerprint density at radius 2 is 1.14 bits per heavy atom. The van der Waals surface area contributed by atoms with Crippen molar-refractivity contribution in [1.82, 2.24) is 4.57 Å². The highest BCUT2D eigenvalue weighted by Gasteiger charge is 2.29. The van der Waals surface area contributed by atoms with Gasteiger partial charge in [0, 0.05) is 37.6 Å². The predicted octanol–water partition coefficient (Wildman–Crippen LogP) is 15.1. The molecule has 0 fully saturated rings. The zero-order valence-electron chi connectivity index (χ0n) is 31.3. The molecule has 1 aliphatic heterocycles. The van der Waals surface area contributed by atoms with Crippen molar-refractivity contribution in [2.75, 3.05) is 0 Å². The molecule has 0 radical (unpaired) electrons. The molecular formula is C55H37NS. The van der Waals surface area contributed by atoms with Crippen LogP contribution in [0, 0.1) is 0 Å². The van der Waals surface area contributed by atoms with Gasteiger partial charge in [-0.05, 0) is 134 Å². The Balaban J connectivity index is 0.998. The smallest absolute Gasteiger partial charge is 0.0541 e. The van der Waals surface area contributed by atoms with E-state index in [2.05, 4.69) is 199 Å². The van der Waals surface area contributed by atoms with E-state index in [4.69, 9.17) is 0 Å². The molecule has 0 amide bonds. The number of aryl methyl sites for hydroxylation is 1. The first-order valence-corrected chi connectivity index (χ1v) is 20.8. The second-order valence-corrected chi connectivity index (χ2v) is 16.6. The highest BCUT2D eigenvalue weighted by molar-refractivity contribution is 7.99. The molecule has 2 heteroatoms. The molecule has 0 saturated carbocycles. The second kappa shape index (κ2) is 13.0. The van der Waals surface area contributed by atoms with Gasteiger partial charge in [0.05, 0.1) is 11.0 Å². The molecular weight excluding hydrogens is 707 g/mol. The lowest BCUT2D eigenvalue weighted by Crippen LogP contribution is -2.02. The minimum Gasteiger partial charge on any atom is -0.309 e. The van der Waals surface area contributed by atoms with Gasteiger partial charge in [-0.25, -0.2) is 0 Å². The Bertz CT molecular complexity index is 3210. The molecule has 2 aliphatic rings.